The second-order valence-corrected chi connectivity index (χ2v) is 10.2. The molecule has 0 unspecified atom stereocenters. The second-order valence-electron chi connectivity index (χ2n) is 6.62. The molecule has 4 rings (SSSR count). The molecule has 2 aliphatic heterocycles. The van der Waals surface area contributed by atoms with Crippen molar-refractivity contribution in [3.05, 3.63) is 55.6 Å². The molecule has 2 aliphatic rings. The summed E-state index contributed by atoms with van der Waals surface area (Å²) in [5.74, 6) is 0.833. The highest BCUT2D eigenvalue weighted by Crippen LogP contribution is 2.35. The van der Waals surface area contributed by atoms with Gasteiger partial charge < -0.3 is 0 Å². The minimum Gasteiger partial charge on any atom is -0.298 e. The number of nitrogens with zero attached hydrogens (tertiary/aromatic N) is 3. The van der Waals surface area contributed by atoms with Gasteiger partial charge in [0, 0.05) is 11.0 Å². The summed E-state index contributed by atoms with van der Waals surface area (Å²) in [6, 6.07) is 11.8. The van der Waals surface area contributed by atoms with E-state index in [0.717, 1.165) is 31.4 Å². The molecule has 0 saturated heterocycles. The number of hydrazone groups is 1. The zero-order valence-electron chi connectivity index (χ0n) is 15.5. The van der Waals surface area contributed by atoms with E-state index < -0.39 is 0 Å². The Morgan fingerprint density at radius 1 is 1.21 bits per heavy atom. The van der Waals surface area contributed by atoms with Crippen LogP contribution in [0.1, 0.15) is 43.6 Å². The number of amidine groups is 1. The summed E-state index contributed by atoms with van der Waals surface area (Å²) in [5, 5.41) is 11.8. The number of benzene rings is 1. The minimum atomic E-state index is -0.331. The van der Waals surface area contributed by atoms with Crippen LogP contribution in [0.3, 0.4) is 0 Å². The van der Waals surface area contributed by atoms with Crippen molar-refractivity contribution in [3.8, 4) is 0 Å². The molecule has 28 heavy (non-hydrogen) atoms. The van der Waals surface area contributed by atoms with Crippen molar-refractivity contribution in [2.75, 3.05) is 5.75 Å². The van der Waals surface area contributed by atoms with Gasteiger partial charge in [-0.3, -0.25) is 15.1 Å². The van der Waals surface area contributed by atoms with Gasteiger partial charge in [0.2, 0.25) is 0 Å². The molecule has 0 aliphatic carbocycles. The lowest BCUT2D eigenvalue weighted by Gasteiger charge is -2.33. The molecule has 1 N–H and O–H groups in total. The predicted molar refractivity (Wildman–Crippen MR) is 119 cm³/mol. The molecule has 0 bridgehead atoms. The lowest BCUT2D eigenvalue weighted by Crippen LogP contribution is -2.50. The molecular weight excluding hydrogens is 456 g/mol. The van der Waals surface area contributed by atoms with E-state index in [0.29, 0.717) is 10.9 Å². The van der Waals surface area contributed by atoms with Crippen molar-refractivity contribution in [1.29, 1.82) is 0 Å². The Kier molecular flexibility index (Phi) is 6.18. The predicted octanol–water partition coefficient (Wildman–Crippen LogP) is 3.97. The number of thiophene rings is 1. The average molecular weight is 477 g/mol. The van der Waals surface area contributed by atoms with Crippen LogP contribution in [-0.4, -0.2) is 21.8 Å². The van der Waals surface area contributed by atoms with Crippen molar-refractivity contribution in [1.82, 2.24) is 10.3 Å². The maximum Gasteiger partial charge on any atom is 0.276 e. The third-order valence-electron chi connectivity index (χ3n) is 4.60. The summed E-state index contributed by atoms with van der Waals surface area (Å²) in [4.78, 5) is 18.9. The molecule has 1 amide bonds. The van der Waals surface area contributed by atoms with Crippen LogP contribution in [0.15, 0.2) is 50.3 Å². The summed E-state index contributed by atoms with van der Waals surface area (Å²) >= 11 is 6.75. The maximum absolute atomic E-state index is 13.0. The van der Waals surface area contributed by atoms with Crippen LogP contribution in [0.2, 0.25) is 0 Å². The van der Waals surface area contributed by atoms with Crippen molar-refractivity contribution in [3.63, 3.8) is 0 Å². The standard InChI is InChI=1S/C20H21BrN4OS2/c1-2-3-4-7-12-27-20-23-19(26)17-13-8-5-6-9-14(13)22-18(25(17)24-20)15-10-11-16(21)28-15/h5-6,8-11,18H,2-4,7,12H2,1H3,(H,23,24,26)/t18-/m0/s1. The number of halogens is 1. The largest absolute Gasteiger partial charge is 0.298 e. The first-order chi connectivity index (χ1) is 13.7. The van der Waals surface area contributed by atoms with E-state index in [1.807, 2.05) is 36.4 Å². The van der Waals surface area contributed by atoms with Gasteiger partial charge in [0.05, 0.1) is 14.0 Å². The molecule has 0 fully saturated rings. The third kappa shape index (κ3) is 4.04. The number of amides is 1. The van der Waals surface area contributed by atoms with Crippen molar-refractivity contribution < 1.29 is 4.79 Å². The first-order valence-corrected chi connectivity index (χ1v) is 12.0. The van der Waals surface area contributed by atoms with E-state index in [-0.39, 0.29) is 12.1 Å². The van der Waals surface area contributed by atoms with Crippen LogP contribution in [0.4, 0.5) is 0 Å². The molecule has 2 aromatic rings. The van der Waals surface area contributed by atoms with Gasteiger partial charge in [-0.15, -0.1) is 16.4 Å². The van der Waals surface area contributed by atoms with Gasteiger partial charge in [-0.1, -0.05) is 56.1 Å². The fraction of sp³-hybridized carbons (Fsp3) is 0.350. The van der Waals surface area contributed by atoms with Crippen LogP contribution in [0.5, 0.6) is 0 Å². The highest BCUT2D eigenvalue weighted by molar-refractivity contribution is 9.11. The van der Waals surface area contributed by atoms with Gasteiger partial charge in [0.15, 0.2) is 11.3 Å². The van der Waals surface area contributed by atoms with Gasteiger partial charge in [0.1, 0.15) is 5.70 Å². The quantitative estimate of drug-likeness (QED) is 0.641. The zero-order chi connectivity index (χ0) is 19.5. The van der Waals surface area contributed by atoms with Gasteiger partial charge >= 0.3 is 0 Å². The van der Waals surface area contributed by atoms with Crippen LogP contribution >= 0.6 is 39.0 Å². The number of hydrogen-bond donors (Lipinski definition) is 1. The van der Waals surface area contributed by atoms with E-state index in [1.165, 1.54) is 19.3 Å². The minimum absolute atomic E-state index is 0.117. The number of rotatable bonds is 6. The number of carbonyl (C=O) groups is 1. The van der Waals surface area contributed by atoms with E-state index in [1.54, 1.807) is 28.1 Å². The molecule has 1 aromatic heterocycles. The molecule has 3 heterocycles. The van der Waals surface area contributed by atoms with Crippen LogP contribution in [0, 0.1) is 0 Å². The highest BCUT2D eigenvalue weighted by atomic mass is 79.9. The molecule has 5 nitrogen and oxygen atoms in total. The monoisotopic (exact) mass is 476 g/mol. The molecule has 1 aromatic carbocycles. The van der Waals surface area contributed by atoms with E-state index in [4.69, 9.17) is 10.1 Å². The van der Waals surface area contributed by atoms with Gasteiger partial charge in [-0.05, 0) is 40.5 Å². The van der Waals surface area contributed by atoms with E-state index in [2.05, 4.69) is 28.2 Å². The number of thioether (sulfide) groups is 1. The van der Waals surface area contributed by atoms with Crippen molar-refractivity contribution >= 4 is 55.8 Å². The topological polar surface area (TPSA) is 57.1 Å². The Morgan fingerprint density at radius 2 is 2.07 bits per heavy atom. The lowest BCUT2D eigenvalue weighted by molar-refractivity contribution is -0.116. The normalized spacial score (nSPS) is 18.1. The second kappa shape index (κ2) is 8.80. The Balaban J connectivity index is 1.69. The molecule has 1 atom stereocenters. The Labute approximate surface area is 180 Å². The average Bonchev–Trinajstić information content (AvgIpc) is 3.13. The number of unbranched alkanes of at least 4 members (excludes halogenated alkanes) is 3. The fourth-order valence-electron chi connectivity index (χ4n) is 3.24. The number of hydrogen-bond acceptors (Lipinski definition) is 6. The Morgan fingerprint density at radius 3 is 2.86 bits per heavy atom. The maximum atomic E-state index is 13.0. The lowest BCUT2D eigenvalue weighted by atomic mass is 10.1. The number of fused-ring (bicyclic) bond motifs is 2. The first kappa shape index (κ1) is 19.7. The summed E-state index contributed by atoms with van der Waals surface area (Å²) in [6.45, 7) is 2.21. The van der Waals surface area contributed by atoms with Crippen molar-refractivity contribution in [2.45, 2.75) is 38.8 Å². The number of carbonyl (C=O) groups excluding carboxylic acids is 1. The Bertz CT molecular complexity index is 1030. The molecule has 0 saturated carbocycles. The van der Waals surface area contributed by atoms with Crippen LogP contribution in [-0.2, 0) is 4.79 Å². The number of nitrogens with one attached hydrogen (secondary N) is 1. The highest BCUT2D eigenvalue weighted by Gasteiger charge is 2.34. The zero-order valence-corrected chi connectivity index (χ0v) is 18.7. The SMILES string of the molecule is CCCCCCSC1=NN2C(=c3ccccc3=N[C@@H]2c2ccc(Br)s2)C(=O)N1. The van der Waals surface area contributed by atoms with E-state index in [9.17, 15) is 4.79 Å². The summed E-state index contributed by atoms with van der Waals surface area (Å²) in [5.41, 5.74) is 0.565. The number of para-hydroxylation sites is 1. The molecule has 0 radical (unpaired) electrons. The molecule has 146 valence electrons. The molecule has 0 spiro atoms. The molecular formula is C20H21BrN4OS2. The first-order valence-electron chi connectivity index (χ1n) is 9.42. The fourth-order valence-corrected chi connectivity index (χ4v) is 5.54. The van der Waals surface area contributed by atoms with Gasteiger partial charge in [-0.25, -0.2) is 5.01 Å². The van der Waals surface area contributed by atoms with Crippen molar-refractivity contribution in [2.24, 2.45) is 10.1 Å². The summed E-state index contributed by atoms with van der Waals surface area (Å²) in [6.07, 6.45) is 4.46. The summed E-state index contributed by atoms with van der Waals surface area (Å²) in [7, 11) is 0. The summed E-state index contributed by atoms with van der Waals surface area (Å²) < 4.78 is 1.04. The Hall–Kier alpha value is -1.64. The van der Waals surface area contributed by atoms with Crippen LogP contribution < -0.4 is 15.9 Å². The third-order valence-corrected chi connectivity index (χ3v) is 7.21. The smallest absolute Gasteiger partial charge is 0.276 e. The van der Waals surface area contributed by atoms with Gasteiger partial charge in [0.25, 0.3) is 5.91 Å². The van der Waals surface area contributed by atoms with E-state index >= 15 is 0 Å². The molecule has 8 heteroatoms. The van der Waals surface area contributed by atoms with Crippen LogP contribution in [0.25, 0.3) is 5.70 Å². The van der Waals surface area contributed by atoms with Gasteiger partial charge in [-0.2, -0.15) is 0 Å².